The van der Waals surface area contributed by atoms with Gasteiger partial charge in [0.2, 0.25) is 0 Å². The van der Waals surface area contributed by atoms with Crippen LogP contribution in [0.3, 0.4) is 0 Å². The van der Waals surface area contributed by atoms with Gasteiger partial charge in [-0.25, -0.2) is 14.2 Å². The van der Waals surface area contributed by atoms with Gasteiger partial charge in [0, 0.05) is 31.0 Å². The molecule has 0 fully saturated rings. The molecule has 7 nitrogen and oxygen atoms in total. The molecule has 0 bridgehead atoms. The van der Waals surface area contributed by atoms with Crippen LogP contribution in [0.5, 0.6) is 0 Å². The van der Waals surface area contributed by atoms with E-state index < -0.39 is 6.03 Å². The van der Waals surface area contributed by atoms with Crippen molar-refractivity contribution in [3.63, 3.8) is 0 Å². The van der Waals surface area contributed by atoms with Crippen LogP contribution in [0.15, 0.2) is 41.5 Å². The van der Waals surface area contributed by atoms with Gasteiger partial charge in [-0.3, -0.25) is 10.3 Å². The number of aromatic nitrogens is 1. The van der Waals surface area contributed by atoms with E-state index in [0.717, 1.165) is 0 Å². The number of carbonyl (C=O) groups is 1. The molecule has 2 rings (SSSR count). The fourth-order valence-electron chi connectivity index (χ4n) is 2.00. The molecule has 8 heteroatoms. The summed E-state index contributed by atoms with van der Waals surface area (Å²) in [5, 5.41) is 5.16. The van der Waals surface area contributed by atoms with E-state index in [1.54, 1.807) is 12.1 Å². The van der Waals surface area contributed by atoms with E-state index in [4.69, 9.17) is 11.5 Å². The molecule has 0 unspecified atom stereocenters. The Morgan fingerprint density at radius 1 is 1.38 bits per heavy atom. The normalized spacial score (nSPS) is 11.2. The lowest BCUT2D eigenvalue weighted by molar-refractivity contribution is 0.251. The molecule has 0 atom stereocenters. The molecule has 0 aliphatic heterocycles. The summed E-state index contributed by atoms with van der Waals surface area (Å²) >= 11 is 0. The van der Waals surface area contributed by atoms with E-state index in [9.17, 15) is 9.18 Å². The fraction of sp³-hybridized carbons (Fsp3) is 0.188. The number of nitrogens with zero attached hydrogens (tertiary/aromatic N) is 2. The van der Waals surface area contributed by atoms with Crippen LogP contribution in [0.2, 0.25) is 0 Å². The van der Waals surface area contributed by atoms with Crippen molar-refractivity contribution in [3.8, 4) is 0 Å². The highest BCUT2D eigenvalue weighted by Gasteiger charge is 2.08. The number of aliphatic imine (C=N–C) groups is 1. The average molecular weight is 330 g/mol. The number of nitrogens with one attached hydrogen (secondary N) is 2. The molecule has 0 radical (unpaired) electrons. The Kier molecular flexibility index (Phi) is 5.67. The minimum Gasteiger partial charge on any atom is -0.398 e. The second kappa shape index (κ2) is 7.91. The summed E-state index contributed by atoms with van der Waals surface area (Å²) in [6, 6.07) is 6.99. The Labute approximate surface area is 139 Å². The van der Waals surface area contributed by atoms with E-state index in [1.165, 1.54) is 24.4 Å². The number of nitrogens with two attached hydrogens (primary N) is 2. The molecule has 1 aromatic heterocycles. The quantitative estimate of drug-likeness (QED) is 0.494. The van der Waals surface area contributed by atoms with Crippen LogP contribution >= 0.6 is 0 Å². The van der Waals surface area contributed by atoms with Gasteiger partial charge in [-0.1, -0.05) is 12.1 Å². The van der Waals surface area contributed by atoms with Gasteiger partial charge < -0.3 is 16.8 Å². The maximum Gasteiger partial charge on any atom is 0.320 e. The first kappa shape index (κ1) is 17.2. The van der Waals surface area contributed by atoms with Gasteiger partial charge in [0.15, 0.2) is 0 Å². The summed E-state index contributed by atoms with van der Waals surface area (Å²) in [7, 11) is 0. The number of carbonyl (C=O) groups excluding carboxylic acids is 1. The van der Waals surface area contributed by atoms with Crippen molar-refractivity contribution in [2.24, 2.45) is 10.7 Å². The lowest BCUT2D eigenvalue weighted by Crippen LogP contribution is -2.28. The largest absolute Gasteiger partial charge is 0.398 e. The molecule has 1 aromatic carbocycles. The first-order valence-electron chi connectivity index (χ1n) is 7.34. The first-order chi connectivity index (χ1) is 11.5. The maximum absolute atomic E-state index is 13.1. The van der Waals surface area contributed by atoms with Gasteiger partial charge in [-0.15, -0.1) is 0 Å². The Morgan fingerprint density at radius 2 is 2.17 bits per heavy atom. The predicted octanol–water partition coefficient (Wildman–Crippen LogP) is 1.85. The zero-order valence-corrected chi connectivity index (χ0v) is 13.2. The third kappa shape index (κ3) is 4.67. The first-order valence-corrected chi connectivity index (χ1v) is 7.34. The minimum atomic E-state index is -0.478. The van der Waals surface area contributed by atoms with Crippen molar-refractivity contribution >= 4 is 23.4 Å². The highest BCUT2D eigenvalue weighted by molar-refractivity contribution is 6.02. The van der Waals surface area contributed by atoms with Crippen molar-refractivity contribution in [1.29, 1.82) is 0 Å². The number of rotatable bonds is 5. The lowest BCUT2D eigenvalue weighted by Gasteiger charge is -2.10. The third-order valence-corrected chi connectivity index (χ3v) is 3.12. The molecule has 2 aromatic rings. The summed E-state index contributed by atoms with van der Waals surface area (Å²) in [6.07, 6.45) is 1.45. The Bertz CT molecular complexity index is 762. The molecule has 0 spiro atoms. The zero-order chi connectivity index (χ0) is 17.5. The molecule has 6 N–H and O–H groups in total. The van der Waals surface area contributed by atoms with Gasteiger partial charge in [-0.2, -0.15) is 0 Å². The minimum absolute atomic E-state index is 0.188. The number of anilines is 2. The molecule has 0 aliphatic carbocycles. The van der Waals surface area contributed by atoms with Gasteiger partial charge in [0.05, 0.1) is 5.56 Å². The second-order valence-electron chi connectivity index (χ2n) is 4.95. The standard InChI is InChI=1S/C16H19FN6O/c1-2-20-15(19)12-9-21-14(7-13(12)18)23-16(24)22-8-10-4-3-5-11(17)6-10/h3-7,9H,2,8H2,1H3,(H2,19,20)(H4,18,21,22,23,24). The van der Waals surface area contributed by atoms with E-state index in [0.29, 0.717) is 29.2 Å². The van der Waals surface area contributed by atoms with E-state index in [-0.39, 0.29) is 18.2 Å². The van der Waals surface area contributed by atoms with Gasteiger partial charge >= 0.3 is 6.03 Å². The molecule has 1 heterocycles. The number of halogens is 1. The molecular formula is C16H19FN6O. The number of amidine groups is 1. The monoisotopic (exact) mass is 330 g/mol. The second-order valence-corrected chi connectivity index (χ2v) is 4.95. The van der Waals surface area contributed by atoms with Crippen LogP contribution in [-0.4, -0.2) is 23.4 Å². The topological polar surface area (TPSA) is 118 Å². The third-order valence-electron chi connectivity index (χ3n) is 3.12. The van der Waals surface area contributed by atoms with Gasteiger partial charge in [-0.05, 0) is 24.6 Å². The number of hydrogen-bond acceptors (Lipinski definition) is 4. The summed E-state index contributed by atoms with van der Waals surface area (Å²) in [5.41, 5.74) is 13.2. The van der Waals surface area contributed by atoms with Crippen molar-refractivity contribution in [1.82, 2.24) is 10.3 Å². The molecular weight excluding hydrogens is 311 g/mol. The van der Waals surface area contributed by atoms with Crippen LogP contribution in [0.1, 0.15) is 18.1 Å². The van der Waals surface area contributed by atoms with Crippen LogP contribution in [0.4, 0.5) is 20.7 Å². The predicted molar refractivity (Wildman–Crippen MR) is 92.2 cm³/mol. The summed E-state index contributed by atoms with van der Waals surface area (Å²) in [4.78, 5) is 20.0. The summed E-state index contributed by atoms with van der Waals surface area (Å²) < 4.78 is 13.1. The number of benzene rings is 1. The van der Waals surface area contributed by atoms with Crippen LogP contribution < -0.4 is 22.1 Å². The van der Waals surface area contributed by atoms with Crippen molar-refractivity contribution in [2.45, 2.75) is 13.5 Å². The summed E-state index contributed by atoms with van der Waals surface area (Å²) in [5.74, 6) is 0.216. The van der Waals surface area contributed by atoms with Crippen molar-refractivity contribution in [2.75, 3.05) is 17.6 Å². The lowest BCUT2D eigenvalue weighted by atomic mass is 10.2. The number of hydrogen-bond donors (Lipinski definition) is 4. The van der Waals surface area contributed by atoms with Crippen LogP contribution in [0.25, 0.3) is 0 Å². The zero-order valence-electron chi connectivity index (χ0n) is 13.2. The average Bonchev–Trinajstić information content (AvgIpc) is 2.53. The number of urea groups is 1. The van der Waals surface area contributed by atoms with Crippen LogP contribution in [-0.2, 0) is 6.54 Å². The SMILES string of the molecule is CCN=C(N)c1cnc(NC(=O)NCc2cccc(F)c2)cc1N. The van der Waals surface area contributed by atoms with E-state index in [1.807, 2.05) is 6.92 Å². The number of pyridine rings is 1. The maximum atomic E-state index is 13.1. The molecule has 0 aliphatic rings. The Balaban J connectivity index is 1.97. The van der Waals surface area contributed by atoms with E-state index >= 15 is 0 Å². The Hall–Kier alpha value is -3.16. The molecule has 2 amide bonds. The number of amides is 2. The van der Waals surface area contributed by atoms with E-state index in [2.05, 4.69) is 20.6 Å². The molecule has 24 heavy (non-hydrogen) atoms. The molecule has 0 saturated heterocycles. The number of nitrogen functional groups attached to an aromatic ring is 1. The smallest absolute Gasteiger partial charge is 0.320 e. The highest BCUT2D eigenvalue weighted by atomic mass is 19.1. The van der Waals surface area contributed by atoms with Crippen molar-refractivity contribution in [3.05, 3.63) is 53.5 Å². The van der Waals surface area contributed by atoms with Crippen LogP contribution in [0, 0.1) is 5.82 Å². The summed E-state index contributed by atoms with van der Waals surface area (Å²) in [6.45, 7) is 2.58. The molecule has 0 saturated carbocycles. The Morgan fingerprint density at radius 3 is 2.83 bits per heavy atom. The van der Waals surface area contributed by atoms with Gasteiger partial charge in [0.1, 0.15) is 17.5 Å². The molecule has 126 valence electrons. The highest BCUT2D eigenvalue weighted by Crippen LogP contribution is 2.15. The fourth-order valence-corrected chi connectivity index (χ4v) is 2.00. The van der Waals surface area contributed by atoms with Crippen molar-refractivity contribution < 1.29 is 9.18 Å². The van der Waals surface area contributed by atoms with Gasteiger partial charge in [0.25, 0.3) is 0 Å².